The number of benzene rings is 2. The normalized spacial score (nSPS) is 13.6. The van der Waals surface area contributed by atoms with Gasteiger partial charge in [-0.1, -0.05) is 30.3 Å². The molecule has 3 aromatic rings. The maximum Gasteiger partial charge on any atom is 0.336 e. The Balaban J connectivity index is 1.51. The van der Waals surface area contributed by atoms with Crippen LogP contribution in [0.2, 0.25) is 0 Å². The lowest BCUT2D eigenvalue weighted by Gasteiger charge is -2.17. The van der Waals surface area contributed by atoms with E-state index in [1.165, 1.54) is 17.2 Å². The minimum atomic E-state index is -0.725. The molecule has 1 aliphatic rings. The van der Waals surface area contributed by atoms with Crippen molar-refractivity contribution in [2.45, 2.75) is 38.3 Å². The Morgan fingerprint density at radius 1 is 1.10 bits per heavy atom. The number of esters is 1. The van der Waals surface area contributed by atoms with E-state index in [2.05, 4.69) is 5.32 Å². The smallest absolute Gasteiger partial charge is 0.336 e. The van der Waals surface area contributed by atoms with Gasteiger partial charge in [-0.3, -0.25) is 4.79 Å². The van der Waals surface area contributed by atoms with Gasteiger partial charge in [0, 0.05) is 17.0 Å². The van der Waals surface area contributed by atoms with Gasteiger partial charge in [-0.05, 0) is 48.1 Å². The molecule has 0 radical (unpaired) electrons. The standard InChI is InChI=1S/C23H22N2O5/c24-23(28)25-19(14-5-2-1-3-6-14)12-21(26)29-13-17-11-22(27)30-20-10-16-8-4-7-15(16)9-18(17)20/h1-3,5-6,9-11,19H,4,7-8,12-13H2,(H3,24,25,28). The van der Waals surface area contributed by atoms with Gasteiger partial charge < -0.3 is 20.2 Å². The predicted octanol–water partition coefficient (Wildman–Crippen LogP) is 3.12. The second-order valence-electron chi connectivity index (χ2n) is 7.40. The van der Waals surface area contributed by atoms with E-state index in [1.807, 2.05) is 30.3 Å². The molecule has 7 heteroatoms. The largest absolute Gasteiger partial charge is 0.461 e. The van der Waals surface area contributed by atoms with Gasteiger partial charge in [0.05, 0.1) is 12.5 Å². The molecule has 0 saturated carbocycles. The highest BCUT2D eigenvalue weighted by Gasteiger charge is 2.20. The van der Waals surface area contributed by atoms with Gasteiger partial charge in [-0.2, -0.15) is 0 Å². The van der Waals surface area contributed by atoms with Crippen LogP contribution in [0.5, 0.6) is 0 Å². The highest BCUT2D eigenvalue weighted by molar-refractivity contribution is 5.82. The molecule has 2 amide bonds. The number of primary amides is 1. The Labute approximate surface area is 172 Å². The average molecular weight is 406 g/mol. The van der Waals surface area contributed by atoms with Crippen molar-refractivity contribution in [2.24, 2.45) is 5.73 Å². The van der Waals surface area contributed by atoms with Crippen LogP contribution >= 0.6 is 0 Å². The van der Waals surface area contributed by atoms with Crippen LogP contribution in [0.25, 0.3) is 11.0 Å². The average Bonchev–Trinajstić information content (AvgIpc) is 3.17. The van der Waals surface area contributed by atoms with Gasteiger partial charge in [0.25, 0.3) is 0 Å². The van der Waals surface area contributed by atoms with Crippen LogP contribution in [-0.4, -0.2) is 12.0 Å². The van der Waals surface area contributed by atoms with Crippen LogP contribution in [0.1, 0.15) is 41.1 Å². The first-order chi connectivity index (χ1) is 14.5. The van der Waals surface area contributed by atoms with E-state index in [4.69, 9.17) is 14.9 Å². The Bertz CT molecular complexity index is 1150. The number of nitrogens with one attached hydrogen (secondary N) is 1. The van der Waals surface area contributed by atoms with Crippen molar-refractivity contribution in [3.63, 3.8) is 0 Å². The molecule has 154 valence electrons. The molecule has 3 N–H and O–H groups in total. The Hall–Kier alpha value is -3.61. The lowest BCUT2D eigenvalue weighted by Crippen LogP contribution is -2.34. The highest BCUT2D eigenvalue weighted by atomic mass is 16.5. The number of amides is 2. The molecule has 7 nitrogen and oxygen atoms in total. The van der Waals surface area contributed by atoms with E-state index in [0.717, 1.165) is 30.2 Å². The third kappa shape index (κ3) is 4.35. The Morgan fingerprint density at radius 2 is 1.83 bits per heavy atom. The van der Waals surface area contributed by atoms with Crippen molar-refractivity contribution in [3.8, 4) is 0 Å². The monoisotopic (exact) mass is 406 g/mol. The first kappa shape index (κ1) is 19.7. The van der Waals surface area contributed by atoms with Crippen molar-refractivity contribution < 1.29 is 18.7 Å². The fourth-order valence-electron chi connectivity index (χ4n) is 3.91. The van der Waals surface area contributed by atoms with E-state index in [9.17, 15) is 14.4 Å². The van der Waals surface area contributed by atoms with Gasteiger partial charge in [0.1, 0.15) is 12.2 Å². The first-order valence-electron chi connectivity index (χ1n) is 9.84. The molecule has 0 saturated heterocycles. The maximum absolute atomic E-state index is 12.5. The summed E-state index contributed by atoms with van der Waals surface area (Å²) in [4.78, 5) is 35.8. The zero-order valence-corrected chi connectivity index (χ0v) is 16.4. The predicted molar refractivity (Wildman–Crippen MR) is 111 cm³/mol. The van der Waals surface area contributed by atoms with Crippen molar-refractivity contribution in [2.75, 3.05) is 0 Å². The molecular formula is C23H22N2O5. The number of aryl methyl sites for hydroxylation is 2. The summed E-state index contributed by atoms with van der Waals surface area (Å²) in [5.41, 5.74) is 9.05. The van der Waals surface area contributed by atoms with E-state index < -0.39 is 23.7 Å². The van der Waals surface area contributed by atoms with Crippen LogP contribution in [0.15, 0.2) is 57.7 Å². The first-order valence-corrected chi connectivity index (χ1v) is 9.84. The van der Waals surface area contributed by atoms with E-state index in [1.54, 1.807) is 12.1 Å². The highest BCUT2D eigenvalue weighted by Crippen LogP contribution is 2.29. The molecular weight excluding hydrogens is 384 g/mol. The number of fused-ring (bicyclic) bond motifs is 2. The van der Waals surface area contributed by atoms with Gasteiger partial charge in [-0.25, -0.2) is 9.59 Å². The molecule has 4 rings (SSSR count). The molecule has 30 heavy (non-hydrogen) atoms. The summed E-state index contributed by atoms with van der Waals surface area (Å²) >= 11 is 0. The van der Waals surface area contributed by atoms with E-state index >= 15 is 0 Å². The lowest BCUT2D eigenvalue weighted by atomic mass is 10.0. The van der Waals surface area contributed by atoms with E-state index in [0.29, 0.717) is 11.1 Å². The number of nitrogens with two attached hydrogens (primary N) is 1. The molecule has 0 fully saturated rings. The number of urea groups is 1. The Morgan fingerprint density at radius 3 is 2.57 bits per heavy atom. The molecule has 1 aliphatic carbocycles. The Kier molecular flexibility index (Phi) is 5.52. The van der Waals surface area contributed by atoms with Gasteiger partial charge in [-0.15, -0.1) is 0 Å². The number of hydrogen-bond acceptors (Lipinski definition) is 5. The molecule has 0 bridgehead atoms. The van der Waals surface area contributed by atoms with Crippen LogP contribution in [-0.2, 0) is 29.0 Å². The molecule has 1 atom stereocenters. The summed E-state index contributed by atoms with van der Waals surface area (Å²) in [6.07, 6.45) is 2.96. The summed E-state index contributed by atoms with van der Waals surface area (Å²) in [6, 6.07) is 13.0. The SMILES string of the molecule is NC(=O)NC(CC(=O)OCc1cc(=O)oc2cc3c(cc12)CCC3)c1ccccc1. The molecule has 0 spiro atoms. The van der Waals surface area contributed by atoms with Gasteiger partial charge in [0.15, 0.2) is 0 Å². The molecule has 1 aromatic heterocycles. The quantitative estimate of drug-likeness (QED) is 0.483. The summed E-state index contributed by atoms with van der Waals surface area (Å²) in [6.45, 7) is -0.0577. The topological polar surface area (TPSA) is 112 Å². The summed E-state index contributed by atoms with van der Waals surface area (Å²) in [5.74, 6) is -0.514. The second-order valence-corrected chi connectivity index (χ2v) is 7.40. The zero-order chi connectivity index (χ0) is 21.1. The number of carbonyl (C=O) groups is 2. The van der Waals surface area contributed by atoms with Gasteiger partial charge in [0.2, 0.25) is 0 Å². The number of hydrogen-bond donors (Lipinski definition) is 2. The third-order valence-corrected chi connectivity index (χ3v) is 5.32. The van der Waals surface area contributed by atoms with Crippen LogP contribution in [0.3, 0.4) is 0 Å². The summed E-state index contributed by atoms with van der Waals surface area (Å²) in [5, 5.41) is 3.34. The minimum Gasteiger partial charge on any atom is -0.461 e. The van der Waals surface area contributed by atoms with Crippen molar-refractivity contribution in [1.82, 2.24) is 5.32 Å². The van der Waals surface area contributed by atoms with Crippen molar-refractivity contribution in [1.29, 1.82) is 0 Å². The lowest BCUT2D eigenvalue weighted by molar-refractivity contribution is -0.145. The number of ether oxygens (including phenoxy) is 1. The molecule has 0 aliphatic heterocycles. The fraction of sp³-hybridized carbons (Fsp3) is 0.261. The van der Waals surface area contributed by atoms with Crippen LogP contribution in [0.4, 0.5) is 4.79 Å². The van der Waals surface area contributed by atoms with Gasteiger partial charge >= 0.3 is 17.6 Å². The van der Waals surface area contributed by atoms with E-state index in [-0.39, 0.29) is 13.0 Å². The maximum atomic E-state index is 12.5. The number of rotatable bonds is 6. The van der Waals surface area contributed by atoms with Crippen LogP contribution in [0, 0.1) is 0 Å². The second kappa shape index (κ2) is 8.41. The molecule has 1 unspecified atom stereocenters. The molecule has 1 heterocycles. The summed E-state index contributed by atoms with van der Waals surface area (Å²) in [7, 11) is 0. The summed E-state index contributed by atoms with van der Waals surface area (Å²) < 4.78 is 10.8. The zero-order valence-electron chi connectivity index (χ0n) is 16.4. The number of carbonyl (C=O) groups excluding carboxylic acids is 2. The third-order valence-electron chi connectivity index (χ3n) is 5.32. The van der Waals surface area contributed by atoms with Crippen molar-refractivity contribution >= 4 is 23.0 Å². The van der Waals surface area contributed by atoms with Crippen LogP contribution < -0.4 is 16.7 Å². The molecule has 2 aromatic carbocycles. The fourth-order valence-corrected chi connectivity index (χ4v) is 3.91. The minimum absolute atomic E-state index is 0.0577. The van der Waals surface area contributed by atoms with Crippen molar-refractivity contribution in [3.05, 3.63) is 81.2 Å².